The first-order valence-corrected chi connectivity index (χ1v) is 20.9. The first-order chi connectivity index (χ1) is 24.1. The zero-order valence-electron chi connectivity index (χ0n) is 32.7. The van der Waals surface area contributed by atoms with E-state index in [1.807, 2.05) is 0 Å². The third kappa shape index (κ3) is 36.4. The summed E-state index contributed by atoms with van der Waals surface area (Å²) in [6.07, 6.45) is 29.4. The largest absolute Gasteiger partial charge is 0.466 e. The van der Waals surface area contributed by atoms with E-state index in [0.29, 0.717) is 52.5 Å². The number of hydrogen-bond acceptors (Lipinski definition) is 8. The number of carbonyl (C=O) groups is 2. The summed E-state index contributed by atoms with van der Waals surface area (Å²) >= 11 is 0. The molecule has 0 aliphatic carbocycles. The highest BCUT2D eigenvalue weighted by Crippen LogP contribution is 2.17. The summed E-state index contributed by atoms with van der Waals surface area (Å²) in [6.45, 7) is 11.2. The van der Waals surface area contributed by atoms with Crippen molar-refractivity contribution in [3.05, 3.63) is 0 Å². The van der Waals surface area contributed by atoms with Gasteiger partial charge in [-0.05, 0) is 38.5 Å². The Balaban J connectivity index is 4.12. The van der Waals surface area contributed by atoms with Gasteiger partial charge in [-0.3, -0.25) is 14.5 Å². The van der Waals surface area contributed by atoms with Crippen LogP contribution in [0.3, 0.4) is 0 Å². The molecule has 49 heavy (non-hydrogen) atoms. The monoisotopic (exact) mass is 700 g/mol. The van der Waals surface area contributed by atoms with Crippen molar-refractivity contribution >= 4 is 11.9 Å². The number of aliphatic hydroxyl groups is 1. The van der Waals surface area contributed by atoms with Crippen molar-refractivity contribution in [3.8, 4) is 0 Å². The summed E-state index contributed by atoms with van der Waals surface area (Å²) in [6, 6.07) is 0. The Hall–Kier alpha value is -1.22. The van der Waals surface area contributed by atoms with Gasteiger partial charge in [0.05, 0.1) is 45.9 Å². The second-order valence-electron chi connectivity index (χ2n) is 13.9. The summed E-state index contributed by atoms with van der Waals surface area (Å²) in [5, 5.41) is 9.31. The molecule has 0 heterocycles. The molecule has 0 aromatic carbocycles. The first-order valence-electron chi connectivity index (χ1n) is 20.9. The number of rotatable bonds is 40. The molecule has 8 nitrogen and oxygen atoms in total. The van der Waals surface area contributed by atoms with Crippen molar-refractivity contribution in [2.75, 3.05) is 59.3 Å². The Morgan fingerprint density at radius 1 is 0.490 bits per heavy atom. The van der Waals surface area contributed by atoms with Crippen LogP contribution in [0.5, 0.6) is 0 Å². The number of ether oxygens (including phenoxy) is 4. The fourth-order valence-corrected chi connectivity index (χ4v) is 6.01. The third-order valence-corrected chi connectivity index (χ3v) is 9.21. The summed E-state index contributed by atoms with van der Waals surface area (Å²) in [4.78, 5) is 26.9. The van der Waals surface area contributed by atoms with E-state index >= 15 is 0 Å². The van der Waals surface area contributed by atoms with Crippen LogP contribution in [-0.4, -0.2) is 87.3 Å². The van der Waals surface area contributed by atoms with Gasteiger partial charge in [0.1, 0.15) is 6.10 Å². The smallest absolute Gasteiger partial charge is 0.308 e. The van der Waals surface area contributed by atoms with Crippen LogP contribution < -0.4 is 0 Å². The third-order valence-electron chi connectivity index (χ3n) is 9.21. The van der Waals surface area contributed by atoms with Crippen LogP contribution in [0, 0.1) is 0 Å². The van der Waals surface area contributed by atoms with Gasteiger partial charge in [-0.15, -0.1) is 0 Å². The van der Waals surface area contributed by atoms with Crippen LogP contribution in [0.1, 0.15) is 188 Å². The van der Waals surface area contributed by atoms with Crippen molar-refractivity contribution in [3.63, 3.8) is 0 Å². The van der Waals surface area contributed by atoms with Gasteiger partial charge in [0.25, 0.3) is 0 Å². The topological polar surface area (TPSA) is 94.5 Å². The lowest BCUT2D eigenvalue weighted by atomic mass is 10.0. The van der Waals surface area contributed by atoms with Crippen LogP contribution in [0.15, 0.2) is 0 Å². The Morgan fingerprint density at radius 2 is 0.918 bits per heavy atom. The van der Waals surface area contributed by atoms with Gasteiger partial charge in [0.2, 0.25) is 0 Å². The Labute approximate surface area is 303 Å². The summed E-state index contributed by atoms with van der Waals surface area (Å²) in [7, 11) is 0. The maximum absolute atomic E-state index is 12.6. The SMILES string of the molecule is CCCCCCCCCCCOC(=O)CCOCCN(CCCO)CCOCCC(=O)OC(CCCCCCCC)CCCCCCCC. The molecule has 0 bridgehead atoms. The molecule has 0 aromatic rings. The number of hydrogen-bond donors (Lipinski definition) is 1. The minimum absolute atomic E-state index is 0.0281. The lowest BCUT2D eigenvalue weighted by molar-refractivity contribution is -0.151. The molecule has 0 aromatic heterocycles. The second kappa shape index (κ2) is 39.6. The minimum atomic E-state index is -0.195. The van der Waals surface area contributed by atoms with E-state index in [2.05, 4.69) is 25.7 Å². The van der Waals surface area contributed by atoms with Gasteiger partial charge < -0.3 is 24.1 Å². The predicted octanol–water partition coefficient (Wildman–Crippen LogP) is 9.97. The average Bonchev–Trinajstić information content (AvgIpc) is 3.10. The van der Waals surface area contributed by atoms with Crippen LogP contribution >= 0.6 is 0 Å². The number of esters is 2. The van der Waals surface area contributed by atoms with Crippen molar-refractivity contribution < 1.29 is 33.6 Å². The quantitative estimate of drug-likeness (QED) is 0.0499. The number of carbonyl (C=O) groups excluding carboxylic acids is 2. The molecule has 0 aliphatic heterocycles. The molecule has 0 saturated heterocycles. The fraction of sp³-hybridized carbons (Fsp3) is 0.951. The van der Waals surface area contributed by atoms with Gasteiger partial charge in [-0.2, -0.15) is 0 Å². The highest BCUT2D eigenvalue weighted by molar-refractivity contribution is 5.69. The molecule has 0 rings (SSSR count). The maximum Gasteiger partial charge on any atom is 0.308 e. The zero-order chi connectivity index (χ0) is 35.9. The van der Waals surface area contributed by atoms with Crippen LogP contribution in [0.4, 0.5) is 0 Å². The highest BCUT2D eigenvalue weighted by Gasteiger charge is 2.15. The molecule has 1 N–H and O–H groups in total. The molecule has 8 heteroatoms. The molecule has 0 spiro atoms. The normalized spacial score (nSPS) is 11.6. The average molecular weight is 700 g/mol. The molecule has 0 unspecified atom stereocenters. The molecule has 0 fully saturated rings. The van der Waals surface area contributed by atoms with E-state index < -0.39 is 0 Å². The summed E-state index contributed by atoms with van der Waals surface area (Å²) in [5.41, 5.74) is 0. The number of aliphatic hydroxyl groups excluding tert-OH is 1. The highest BCUT2D eigenvalue weighted by atomic mass is 16.5. The van der Waals surface area contributed by atoms with Gasteiger partial charge in [0, 0.05) is 26.2 Å². The Bertz CT molecular complexity index is 677. The molecule has 0 atom stereocenters. The minimum Gasteiger partial charge on any atom is -0.466 e. The lowest BCUT2D eigenvalue weighted by Gasteiger charge is -2.22. The molecule has 0 radical (unpaired) electrons. The van der Waals surface area contributed by atoms with Crippen molar-refractivity contribution in [1.29, 1.82) is 0 Å². The van der Waals surface area contributed by atoms with E-state index in [1.54, 1.807) is 0 Å². The van der Waals surface area contributed by atoms with E-state index in [9.17, 15) is 14.7 Å². The van der Waals surface area contributed by atoms with Crippen molar-refractivity contribution in [2.24, 2.45) is 0 Å². The van der Waals surface area contributed by atoms with Gasteiger partial charge in [-0.1, -0.05) is 136 Å². The predicted molar refractivity (Wildman–Crippen MR) is 203 cm³/mol. The van der Waals surface area contributed by atoms with Crippen LogP contribution in [0.25, 0.3) is 0 Å². The standard InChI is InChI=1S/C41H81NO7/c1-4-7-10-13-16-17-18-21-24-34-48-40(44)28-35-46-37-31-42(30-25-33-43)32-38-47-36-29-41(45)49-39(26-22-19-14-11-8-5-2)27-23-20-15-12-9-6-3/h39,43H,4-38H2,1-3H3. The van der Waals surface area contributed by atoms with Gasteiger partial charge in [0.15, 0.2) is 0 Å². The lowest BCUT2D eigenvalue weighted by Crippen LogP contribution is -2.33. The second-order valence-corrected chi connectivity index (χ2v) is 13.9. The fourth-order valence-electron chi connectivity index (χ4n) is 6.01. The molecule has 0 saturated carbocycles. The van der Waals surface area contributed by atoms with E-state index in [4.69, 9.17) is 18.9 Å². The first kappa shape index (κ1) is 47.8. The van der Waals surface area contributed by atoms with E-state index in [0.717, 1.165) is 45.1 Å². The van der Waals surface area contributed by atoms with Gasteiger partial charge >= 0.3 is 11.9 Å². The molecular weight excluding hydrogens is 618 g/mol. The summed E-state index contributed by atoms with van der Waals surface area (Å²) < 4.78 is 22.8. The molecule has 0 amide bonds. The van der Waals surface area contributed by atoms with E-state index in [-0.39, 0.29) is 37.5 Å². The number of nitrogens with zero attached hydrogens (tertiary/aromatic N) is 1. The molecule has 0 aliphatic rings. The van der Waals surface area contributed by atoms with Crippen LogP contribution in [-0.2, 0) is 28.5 Å². The zero-order valence-corrected chi connectivity index (χ0v) is 32.7. The van der Waals surface area contributed by atoms with E-state index in [1.165, 1.54) is 109 Å². The van der Waals surface area contributed by atoms with Gasteiger partial charge in [-0.25, -0.2) is 0 Å². The molecule has 292 valence electrons. The maximum atomic E-state index is 12.6. The molecular formula is C41H81NO7. The Kier molecular flexibility index (Phi) is 38.6. The van der Waals surface area contributed by atoms with Crippen LogP contribution in [0.2, 0.25) is 0 Å². The van der Waals surface area contributed by atoms with Crippen molar-refractivity contribution in [1.82, 2.24) is 4.90 Å². The Morgan fingerprint density at radius 3 is 1.39 bits per heavy atom. The summed E-state index contributed by atoms with van der Waals surface area (Å²) in [5.74, 6) is -0.348. The number of unbranched alkanes of at least 4 members (excludes halogenated alkanes) is 18. The van der Waals surface area contributed by atoms with Crippen molar-refractivity contribution in [2.45, 2.75) is 194 Å².